The van der Waals surface area contributed by atoms with Crippen LogP contribution in [0.15, 0.2) is 40.1 Å². The highest BCUT2D eigenvalue weighted by atomic mass is 32.2. The fourth-order valence-corrected chi connectivity index (χ4v) is 5.13. The summed E-state index contributed by atoms with van der Waals surface area (Å²) in [6.45, 7) is 2.86. The summed E-state index contributed by atoms with van der Waals surface area (Å²) in [5.74, 6) is 1.22. The number of anilines is 2. The molecular weight excluding hydrogens is 416 g/mol. The normalized spacial score (nSPS) is 13.3. The van der Waals surface area contributed by atoms with Gasteiger partial charge in [0.2, 0.25) is 17.8 Å². The smallest absolute Gasteiger partial charge is 0.237 e. The monoisotopic (exact) mass is 434 g/mol. The molecular formula is C18H18N4O3S3. The van der Waals surface area contributed by atoms with Crippen LogP contribution in [0.3, 0.4) is 0 Å². The van der Waals surface area contributed by atoms with E-state index >= 15 is 0 Å². The summed E-state index contributed by atoms with van der Waals surface area (Å²) < 4.78 is 11.4. The third-order valence-electron chi connectivity index (χ3n) is 3.92. The predicted molar refractivity (Wildman–Crippen MR) is 113 cm³/mol. The van der Waals surface area contributed by atoms with Gasteiger partial charge in [0, 0.05) is 23.2 Å². The topological polar surface area (TPSA) is 85.4 Å². The Morgan fingerprint density at radius 2 is 2.18 bits per heavy atom. The summed E-state index contributed by atoms with van der Waals surface area (Å²) in [7, 11) is 0. The molecule has 0 radical (unpaired) electrons. The van der Waals surface area contributed by atoms with E-state index in [1.165, 1.54) is 28.0 Å². The number of benzene rings is 1. The Labute approximate surface area is 174 Å². The first-order valence-electron chi connectivity index (χ1n) is 8.64. The van der Waals surface area contributed by atoms with Gasteiger partial charge in [-0.1, -0.05) is 29.2 Å². The van der Waals surface area contributed by atoms with Crippen LogP contribution < -0.4 is 20.1 Å². The number of ether oxygens (including phenoxy) is 2. The molecule has 0 fully saturated rings. The maximum Gasteiger partial charge on any atom is 0.237 e. The van der Waals surface area contributed by atoms with Crippen LogP contribution in [0.2, 0.25) is 0 Å². The average Bonchev–Trinajstić information content (AvgIpc) is 3.43. The van der Waals surface area contributed by atoms with Crippen molar-refractivity contribution < 1.29 is 14.3 Å². The van der Waals surface area contributed by atoms with Crippen molar-refractivity contribution in [2.75, 3.05) is 24.0 Å². The Morgan fingerprint density at radius 1 is 1.29 bits per heavy atom. The van der Waals surface area contributed by atoms with Crippen LogP contribution in [-0.4, -0.2) is 34.7 Å². The molecule has 10 heteroatoms. The van der Waals surface area contributed by atoms with E-state index < -0.39 is 0 Å². The van der Waals surface area contributed by atoms with Crippen molar-refractivity contribution in [2.24, 2.45) is 0 Å². The fourth-order valence-electron chi connectivity index (χ4n) is 2.50. The highest BCUT2D eigenvalue weighted by Crippen LogP contribution is 2.35. The van der Waals surface area contributed by atoms with Gasteiger partial charge >= 0.3 is 0 Å². The Balaban J connectivity index is 1.26. The molecule has 4 rings (SSSR count). The van der Waals surface area contributed by atoms with E-state index in [-0.39, 0.29) is 18.0 Å². The van der Waals surface area contributed by atoms with E-state index in [0.29, 0.717) is 17.2 Å². The Bertz CT molecular complexity index is 945. The maximum absolute atomic E-state index is 12.5. The molecule has 146 valence electrons. The minimum absolute atomic E-state index is 0.105. The SMILES string of the molecule is C[C@H](Sc1nnc(NCCc2cccs2)s1)C(=O)Nc1ccc2c(c1)OCO2. The molecule has 28 heavy (non-hydrogen) atoms. The number of carbonyl (C=O) groups excluding carboxylic acids is 1. The molecule has 1 amide bonds. The van der Waals surface area contributed by atoms with Gasteiger partial charge in [0.15, 0.2) is 15.8 Å². The highest BCUT2D eigenvalue weighted by Gasteiger charge is 2.19. The number of thioether (sulfide) groups is 1. The number of nitrogens with zero attached hydrogens (tertiary/aromatic N) is 2. The summed E-state index contributed by atoms with van der Waals surface area (Å²) in [4.78, 5) is 13.8. The van der Waals surface area contributed by atoms with Gasteiger partial charge in [-0.15, -0.1) is 21.5 Å². The standard InChI is InChI=1S/C18H18N4O3S3/c1-11(16(23)20-12-4-5-14-15(9-12)25-10-24-14)27-18-22-21-17(28-18)19-7-6-13-3-2-8-26-13/h2-5,8-9,11H,6-7,10H2,1H3,(H,19,21)(H,20,23)/t11-/m0/s1. The van der Waals surface area contributed by atoms with Gasteiger partial charge in [-0.05, 0) is 36.9 Å². The van der Waals surface area contributed by atoms with Crippen LogP contribution in [0.5, 0.6) is 11.5 Å². The molecule has 3 heterocycles. The van der Waals surface area contributed by atoms with Crippen LogP contribution in [0.25, 0.3) is 0 Å². The van der Waals surface area contributed by atoms with Crippen molar-refractivity contribution >= 4 is 51.2 Å². The number of carbonyl (C=O) groups is 1. The van der Waals surface area contributed by atoms with Crippen LogP contribution in [0.1, 0.15) is 11.8 Å². The van der Waals surface area contributed by atoms with Crippen molar-refractivity contribution in [2.45, 2.75) is 22.9 Å². The Hall–Kier alpha value is -2.30. The maximum atomic E-state index is 12.5. The highest BCUT2D eigenvalue weighted by molar-refractivity contribution is 8.02. The molecule has 0 bridgehead atoms. The number of hydrogen-bond acceptors (Lipinski definition) is 9. The van der Waals surface area contributed by atoms with E-state index in [4.69, 9.17) is 9.47 Å². The minimum Gasteiger partial charge on any atom is -0.454 e. The molecule has 1 aliphatic heterocycles. The number of hydrogen-bond donors (Lipinski definition) is 2. The molecule has 0 aliphatic carbocycles. The summed E-state index contributed by atoms with van der Waals surface area (Å²) in [5.41, 5.74) is 0.676. The van der Waals surface area contributed by atoms with Crippen LogP contribution in [-0.2, 0) is 11.2 Å². The number of thiophene rings is 1. The fraction of sp³-hybridized carbons (Fsp3) is 0.278. The van der Waals surface area contributed by atoms with Crippen molar-refractivity contribution in [3.05, 3.63) is 40.6 Å². The van der Waals surface area contributed by atoms with Gasteiger partial charge in [-0.2, -0.15) is 0 Å². The Morgan fingerprint density at radius 3 is 3.04 bits per heavy atom. The molecule has 0 unspecified atom stereocenters. The van der Waals surface area contributed by atoms with Gasteiger partial charge in [0.05, 0.1) is 5.25 Å². The van der Waals surface area contributed by atoms with Crippen LogP contribution in [0, 0.1) is 0 Å². The van der Waals surface area contributed by atoms with Gasteiger partial charge in [-0.3, -0.25) is 4.79 Å². The van der Waals surface area contributed by atoms with Gasteiger partial charge in [0.1, 0.15) is 0 Å². The van der Waals surface area contributed by atoms with Crippen molar-refractivity contribution in [1.29, 1.82) is 0 Å². The first-order valence-corrected chi connectivity index (χ1v) is 11.2. The quantitative estimate of drug-likeness (QED) is 0.516. The largest absolute Gasteiger partial charge is 0.454 e. The predicted octanol–water partition coefficient (Wildman–Crippen LogP) is 4.10. The summed E-state index contributed by atoms with van der Waals surface area (Å²) >= 11 is 4.59. The number of aromatic nitrogens is 2. The molecule has 0 spiro atoms. The van der Waals surface area contributed by atoms with Gasteiger partial charge in [-0.25, -0.2) is 0 Å². The molecule has 2 N–H and O–H groups in total. The molecule has 1 atom stereocenters. The van der Waals surface area contributed by atoms with Crippen molar-refractivity contribution in [1.82, 2.24) is 10.2 Å². The molecule has 0 saturated carbocycles. The number of fused-ring (bicyclic) bond motifs is 1. The first kappa shape index (κ1) is 19.0. The number of nitrogens with one attached hydrogen (secondary N) is 2. The van der Waals surface area contributed by atoms with Crippen molar-refractivity contribution in [3.8, 4) is 11.5 Å². The van der Waals surface area contributed by atoms with Gasteiger partial charge < -0.3 is 20.1 Å². The zero-order valence-corrected chi connectivity index (χ0v) is 17.5. The first-order chi connectivity index (χ1) is 13.7. The second kappa shape index (κ2) is 8.80. The van der Waals surface area contributed by atoms with Crippen LogP contribution in [0.4, 0.5) is 10.8 Å². The van der Waals surface area contributed by atoms with Crippen molar-refractivity contribution in [3.63, 3.8) is 0 Å². The number of rotatable bonds is 8. The van der Waals surface area contributed by atoms with E-state index in [0.717, 1.165) is 22.4 Å². The molecule has 3 aromatic rings. The van der Waals surface area contributed by atoms with Crippen LogP contribution >= 0.6 is 34.4 Å². The lowest BCUT2D eigenvalue weighted by molar-refractivity contribution is -0.115. The molecule has 2 aromatic heterocycles. The summed E-state index contributed by atoms with van der Waals surface area (Å²) in [6.07, 6.45) is 0.952. The lowest BCUT2D eigenvalue weighted by Gasteiger charge is -2.10. The molecule has 7 nitrogen and oxygen atoms in total. The second-order valence-electron chi connectivity index (χ2n) is 5.95. The molecule has 0 saturated heterocycles. The minimum atomic E-state index is -0.308. The second-order valence-corrected chi connectivity index (χ2v) is 9.54. The zero-order valence-electron chi connectivity index (χ0n) is 15.0. The van der Waals surface area contributed by atoms with E-state index in [1.54, 1.807) is 29.5 Å². The molecule has 1 aromatic carbocycles. The Kier molecular flexibility index (Phi) is 5.98. The zero-order chi connectivity index (χ0) is 19.3. The van der Waals surface area contributed by atoms with E-state index in [9.17, 15) is 4.79 Å². The lowest BCUT2D eigenvalue weighted by atomic mass is 10.2. The lowest BCUT2D eigenvalue weighted by Crippen LogP contribution is -2.22. The third kappa shape index (κ3) is 4.75. The third-order valence-corrected chi connectivity index (χ3v) is 6.92. The van der Waals surface area contributed by atoms with E-state index in [2.05, 4.69) is 38.3 Å². The average molecular weight is 435 g/mol. The summed E-state index contributed by atoms with van der Waals surface area (Å²) in [6, 6.07) is 9.51. The summed E-state index contributed by atoms with van der Waals surface area (Å²) in [5, 5.41) is 17.0. The van der Waals surface area contributed by atoms with Gasteiger partial charge in [0.25, 0.3) is 0 Å². The number of amides is 1. The molecule has 1 aliphatic rings. The van der Waals surface area contributed by atoms with E-state index in [1.807, 2.05) is 6.92 Å².